The van der Waals surface area contributed by atoms with Gasteiger partial charge in [-0.25, -0.2) is 25.3 Å². The van der Waals surface area contributed by atoms with E-state index in [0.29, 0.717) is 0 Å². The van der Waals surface area contributed by atoms with E-state index in [2.05, 4.69) is 22.9 Å². The van der Waals surface area contributed by atoms with Crippen LogP contribution in [-0.4, -0.2) is 152 Å². The van der Waals surface area contributed by atoms with Crippen LogP contribution in [0.15, 0.2) is 87.5 Å². The summed E-state index contributed by atoms with van der Waals surface area (Å²) in [6.07, 6.45) is 1.01. The third-order valence-corrected chi connectivity index (χ3v) is 14.6. The largest absolute Gasteiger partial charge is 0.400 e. The van der Waals surface area contributed by atoms with Crippen LogP contribution in [0, 0.1) is 20.8 Å². The van der Waals surface area contributed by atoms with Gasteiger partial charge in [0.2, 0.25) is 30.1 Å². The first-order chi connectivity index (χ1) is 27.6. The zero-order chi connectivity index (χ0) is 43.6. The maximum Gasteiger partial charge on any atom is 0.243 e. The lowest BCUT2D eigenvalue weighted by molar-refractivity contribution is 0.262. The molecule has 0 spiro atoms. The van der Waals surface area contributed by atoms with Crippen LogP contribution in [0.1, 0.15) is 50.8 Å². The van der Waals surface area contributed by atoms with Crippen LogP contribution in [-0.2, 0) is 30.1 Å². The second-order valence-corrected chi connectivity index (χ2v) is 19.1. The molecule has 0 atom stereocenters. The van der Waals surface area contributed by atoms with Gasteiger partial charge in [0.1, 0.15) is 0 Å². The minimum absolute atomic E-state index is 0. The number of nitrogens with one attached hydrogen (secondary N) is 3. The molecular weight excluding hydrogens is 817 g/mol. The molecule has 0 bridgehead atoms. The minimum Gasteiger partial charge on any atom is -0.400 e. The normalized spacial score (nSPS) is 11.8. The molecule has 0 saturated carbocycles. The monoisotopic (exact) mass is 888 g/mol. The minimum atomic E-state index is -4.13. The van der Waals surface area contributed by atoms with Gasteiger partial charge >= 0.3 is 0 Å². The van der Waals surface area contributed by atoms with Crippen molar-refractivity contribution in [3.05, 3.63) is 89.5 Å². The van der Waals surface area contributed by atoms with E-state index in [-0.39, 0.29) is 81.0 Å². The van der Waals surface area contributed by atoms with Crippen LogP contribution >= 0.6 is 0 Å². The third-order valence-electron chi connectivity index (χ3n) is 8.81. The van der Waals surface area contributed by atoms with Crippen molar-refractivity contribution >= 4 is 30.1 Å². The van der Waals surface area contributed by atoms with Crippen molar-refractivity contribution in [1.82, 2.24) is 28.9 Å². The molecule has 6 N–H and O–H groups in total. The van der Waals surface area contributed by atoms with E-state index in [0.717, 1.165) is 78.1 Å². The standard InChI is InChI=1S/C30H41N3O7S3.C9H23N3O.CH4O.CH4/c1-5-31(41(35,36)28-13-7-25(2)8-14-28)20-21-33(43(39,40)30-17-11-27(4)12-18-30)23-22-32(19-6-24-34)42(37,38)29-15-9-26(3)10-16-29;1-2-10-5-6-12-8-7-11-4-3-9-13;1-2;/h7-18,34H,5-6,19-24H2,1-4H3;10-13H,2-9H2,1H3;2H,1H3;1H4. The number of aliphatic hydroxyl groups excluding tert-OH is 3. The zero-order valence-corrected chi connectivity index (χ0v) is 37.5. The Morgan fingerprint density at radius 3 is 1.10 bits per heavy atom. The average molecular weight is 889 g/mol. The number of aryl methyl sites for hydroxylation is 3. The van der Waals surface area contributed by atoms with Gasteiger partial charge in [-0.1, -0.05) is 74.4 Å². The van der Waals surface area contributed by atoms with Gasteiger partial charge in [-0.3, -0.25) is 0 Å². The molecule has 18 heteroatoms. The van der Waals surface area contributed by atoms with Crippen molar-refractivity contribution in [3.63, 3.8) is 0 Å². The van der Waals surface area contributed by atoms with Crippen LogP contribution in [0.4, 0.5) is 0 Å². The Labute approximate surface area is 356 Å². The number of benzene rings is 3. The van der Waals surface area contributed by atoms with E-state index in [4.69, 9.17) is 10.2 Å². The van der Waals surface area contributed by atoms with E-state index in [1.54, 1.807) is 43.3 Å². The molecule has 15 nitrogen and oxygen atoms in total. The van der Waals surface area contributed by atoms with Gasteiger partial charge in [0.15, 0.2) is 0 Å². The Morgan fingerprint density at radius 2 is 0.763 bits per heavy atom. The Kier molecular flexibility index (Phi) is 28.8. The molecule has 0 heterocycles. The van der Waals surface area contributed by atoms with Crippen molar-refractivity contribution in [1.29, 1.82) is 0 Å². The molecule has 0 unspecified atom stereocenters. The summed E-state index contributed by atoms with van der Waals surface area (Å²) in [6.45, 7) is 14.6. The smallest absolute Gasteiger partial charge is 0.243 e. The van der Waals surface area contributed by atoms with Crippen molar-refractivity contribution < 1.29 is 40.6 Å². The summed E-state index contributed by atoms with van der Waals surface area (Å²) in [6, 6.07) is 19.1. The fraction of sp³-hybridized carbons (Fsp3) is 0.561. The van der Waals surface area contributed by atoms with Gasteiger partial charge < -0.3 is 31.3 Å². The second-order valence-electron chi connectivity index (χ2n) is 13.3. The summed E-state index contributed by atoms with van der Waals surface area (Å²) >= 11 is 0. The van der Waals surface area contributed by atoms with Gasteiger partial charge in [0, 0.05) is 85.8 Å². The highest BCUT2D eigenvalue weighted by molar-refractivity contribution is 7.89. The molecule has 3 rings (SSSR count). The fourth-order valence-electron chi connectivity index (χ4n) is 5.41. The van der Waals surface area contributed by atoms with Crippen LogP contribution in [0.5, 0.6) is 0 Å². The molecule has 3 aromatic rings. The first kappa shape index (κ1) is 56.1. The topological polar surface area (TPSA) is 209 Å². The first-order valence-corrected chi connectivity index (χ1v) is 24.0. The van der Waals surface area contributed by atoms with Gasteiger partial charge in [-0.2, -0.15) is 12.9 Å². The molecule has 3 aromatic carbocycles. The fourth-order valence-corrected chi connectivity index (χ4v) is 9.74. The molecule has 0 aromatic heterocycles. The van der Waals surface area contributed by atoms with Crippen LogP contribution in [0.3, 0.4) is 0 Å². The number of nitrogens with zero attached hydrogens (tertiary/aromatic N) is 3. The van der Waals surface area contributed by atoms with Crippen molar-refractivity contribution in [3.8, 4) is 0 Å². The lowest BCUT2D eigenvalue weighted by Crippen LogP contribution is -2.45. The lowest BCUT2D eigenvalue weighted by atomic mass is 10.2. The van der Waals surface area contributed by atoms with Crippen molar-refractivity contribution in [2.24, 2.45) is 0 Å². The lowest BCUT2D eigenvalue weighted by Gasteiger charge is -2.29. The highest BCUT2D eigenvalue weighted by Gasteiger charge is 2.31. The number of sulfonamides is 3. The van der Waals surface area contributed by atoms with Crippen molar-refractivity contribution in [2.45, 2.75) is 69.6 Å². The molecule has 0 saturated heterocycles. The molecule has 0 aliphatic carbocycles. The maximum atomic E-state index is 13.8. The first-order valence-electron chi connectivity index (χ1n) is 19.6. The molecule has 0 amide bonds. The Bertz CT molecular complexity index is 1860. The molecule has 0 fully saturated rings. The summed E-state index contributed by atoms with van der Waals surface area (Å²) in [5.74, 6) is 0. The van der Waals surface area contributed by atoms with Crippen LogP contribution in [0.25, 0.3) is 0 Å². The van der Waals surface area contributed by atoms with Gasteiger partial charge in [0.05, 0.1) is 14.7 Å². The second kappa shape index (κ2) is 30.2. The molecule has 0 aliphatic rings. The van der Waals surface area contributed by atoms with Crippen LogP contribution < -0.4 is 16.0 Å². The van der Waals surface area contributed by atoms with E-state index >= 15 is 0 Å². The number of aliphatic hydroxyl groups is 3. The van der Waals surface area contributed by atoms with Gasteiger partial charge in [-0.05, 0) is 83.1 Å². The maximum absolute atomic E-state index is 13.8. The number of likely N-dealkylation sites (N-methyl/N-ethyl adjacent to an activating group) is 2. The van der Waals surface area contributed by atoms with E-state index in [9.17, 15) is 30.4 Å². The summed E-state index contributed by atoms with van der Waals surface area (Å²) in [5, 5.41) is 34.7. The highest BCUT2D eigenvalue weighted by atomic mass is 32.2. The number of rotatable bonds is 26. The Morgan fingerprint density at radius 1 is 0.458 bits per heavy atom. The van der Waals surface area contributed by atoms with E-state index < -0.39 is 30.1 Å². The third kappa shape index (κ3) is 19.6. The molecule has 338 valence electrons. The Balaban J connectivity index is 0.00000179. The predicted molar refractivity (Wildman–Crippen MR) is 238 cm³/mol. The number of hydrogen-bond acceptors (Lipinski definition) is 12. The zero-order valence-electron chi connectivity index (χ0n) is 35.1. The van der Waals surface area contributed by atoms with Crippen LogP contribution in [0.2, 0.25) is 0 Å². The Hall–Kier alpha value is -2.85. The van der Waals surface area contributed by atoms with E-state index in [1.165, 1.54) is 40.7 Å². The van der Waals surface area contributed by atoms with Gasteiger partial charge in [0.25, 0.3) is 0 Å². The SMILES string of the molecule is C.CCN(CCN(CCN(CCCO)S(=O)(=O)c1ccc(C)cc1)S(=O)(=O)c1ccc(C)cc1)S(=O)(=O)c1ccc(C)cc1.CCNCCNCCNCCCO.CO. The van der Waals surface area contributed by atoms with Gasteiger partial charge in [-0.15, -0.1) is 0 Å². The molecule has 0 radical (unpaired) electrons. The molecule has 0 aliphatic heterocycles. The predicted octanol–water partition coefficient (Wildman–Crippen LogP) is 2.79. The summed E-state index contributed by atoms with van der Waals surface area (Å²) < 4.78 is 85.0. The van der Waals surface area contributed by atoms with Crippen molar-refractivity contribution in [2.75, 3.05) is 98.9 Å². The summed E-state index contributed by atoms with van der Waals surface area (Å²) in [5.41, 5.74) is 2.66. The highest BCUT2D eigenvalue weighted by Crippen LogP contribution is 2.21. The van der Waals surface area contributed by atoms with E-state index in [1.807, 2.05) is 20.8 Å². The summed E-state index contributed by atoms with van der Waals surface area (Å²) in [7, 11) is -11.0. The summed E-state index contributed by atoms with van der Waals surface area (Å²) in [4.78, 5) is 0.184. The quantitative estimate of drug-likeness (QED) is 0.0644. The number of hydrogen-bond donors (Lipinski definition) is 6. The molecular formula is C41H72N6O9S3. The molecule has 59 heavy (non-hydrogen) atoms. The average Bonchev–Trinajstić information content (AvgIpc) is 3.21.